The highest BCUT2D eigenvalue weighted by molar-refractivity contribution is 6.04. The van der Waals surface area contributed by atoms with Crippen molar-refractivity contribution in [3.63, 3.8) is 0 Å². The molecule has 0 aliphatic rings. The lowest BCUT2D eigenvalue weighted by Crippen LogP contribution is -2.17. The number of nitrogens with zero attached hydrogens (tertiary/aromatic N) is 2. The van der Waals surface area contributed by atoms with Gasteiger partial charge in [0, 0.05) is 23.4 Å². The number of hydrogen-bond donors (Lipinski definition) is 2. The number of aryl methyl sites for hydroxylation is 1. The predicted molar refractivity (Wildman–Crippen MR) is 76.2 cm³/mol. The van der Waals surface area contributed by atoms with Gasteiger partial charge in [-0.3, -0.25) is 4.79 Å². The Morgan fingerprint density at radius 3 is 2.74 bits per heavy atom. The molecular weight excluding hydrogens is 240 g/mol. The highest BCUT2D eigenvalue weighted by atomic mass is 16.1. The second kappa shape index (κ2) is 5.14. The summed E-state index contributed by atoms with van der Waals surface area (Å²) in [6.07, 6.45) is 1.67. The molecule has 0 bridgehead atoms. The summed E-state index contributed by atoms with van der Waals surface area (Å²) >= 11 is 0. The average Bonchev–Trinajstić information content (AvgIpc) is 2.80. The van der Waals surface area contributed by atoms with Crippen molar-refractivity contribution in [2.45, 2.75) is 26.8 Å². The van der Waals surface area contributed by atoms with Crippen LogP contribution < -0.4 is 11.1 Å². The summed E-state index contributed by atoms with van der Waals surface area (Å²) in [5.74, 6) is 0.494. The van der Waals surface area contributed by atoms with Gasteiger partial charge in [-0.1, -0.05) is 6.07 Å². The van der Waals surface area contributed by atoms with Gasteiger partial charge in [0.05, 0.1) is 6.20 Å². The van der Waals surface area contributed by atoms with Gasteiger partial charge in [0.25, 0.3) is 5.91 Å². The van der Waals surface area contributed by atoms with E-state index in [1.54, 1.807) is 29.1 Å². The fourth-order valence-corrected chi connectivity index (χ4v) is 1.79. The summed E-state index contributed by atoms with van der Waals surface area (Å²) in [6.45, 7) is 5.92. The molecule has 1 heterocycles. The van der Waals surface area contributed by atoms with Gasteiger partial charge in [0.15, 0.2) is 0 Å². The lowest BCUT2D eigenvalue weighted by molar-refractivity contribution is 0.102. The molecule has 0 unspecified atom stereocenters. The van der Waals surface area contributed by atoms with Crippen molar-refractivity contribution < 1.29 is 4.79 Å². The molecule has 0 radical (unpaired) electrons. The largest absolute Gasteiger partial charge is 0.398 e. The number of carbonyl (C=O) groups excluding carboxylic acids is 1. The molecule has 1 amide bonds. The molecule has 0 saturated heterocycles. The zero-order chi connectivity index (χ0) is 14.0. The van der Waals surface area contributed by atoms with Crippen LogP contribution in [0.1, 0.15) is 35.8 Å². The minimum Gasteiger partial charge on any atom is -0.398 e. The summed E-state index contributed by atoms with van der Waals surface area (Å²) in [7, 11) is 0. The van der Waals surface area contributed by atoms with Crippen LogP contribution in [0.5, 0.6) is 0 Å². The fourth-order valence-electron chi connectivity index (χ4n) is 1.79. The Morgan fingerprint density at radius 2 is 2.11 bits per heavy atom. The van der Waals surface area contributed by atoms with Crippen LogP contribution >= 0.6 is 0 Å². The van der Waals surface area contributed by atoms with Crippen LogP contribution in [0.2, 0.25) is 0 Å². The number of benzene rings is 1. The van der Waals surface area contributed by atoms with Gasteiger partial charge in [0.2, 0.25) is 0 Å². The van der Waals surface area contributed by atoms with E-state index in [9.17, 15) is 4.79 Å². The van der Waals surface area contributed by atoms with E-state index < -0.39 is 0 Å². The van der Waals surface area contributed by atoms with Crippen LogP contribution in [0.3, 0.4) is 0 Å². The van der Waals surface area contributed by atoms with E-state index in [2.05, 4.69) is 10.4 Å². The molecule has 0 aliphatic carbocycles. The highest BCUT2D eigenvalue weighted by Gasteiger charge is 2.11. The summed E-state index contributed by atoms with van der Waals surface area (Å²) in [5.41, 5.74) is 7.93. The number of nitrogens with two attached hydrogens (primary N) is 1. The third-order valence-electron chi connectivity index (χ3n) is 2.94. The summed E-state index contributed by atoms with van der Waals surface area (Å²) in [4.78, 5) is 12.1. The molecule has 1 aromatic heterocycles. The minimum absolute atomic E-state index is 0.186. The van der Waals surface area contributed by atoms with Gasteiger partial charge < -0.3 is 11.1 Å². The second-order valence-corrected chi connectivity index (χ2v) is 4.78. The number of hydrogen-bond acceptors (Lipinski definition) is 3. The molecule has 100 valence electrons. The van der Waals surface area contributed by atoms with E-state index in [1.165, 1.54) is 0 Å². The van der Waals surface area contributed by atoms with Crippen LogP contribution in [-0.4, -0.2) is 15.7 Å². The smallest absolute Gasteiger partial charge is 0.256 e. The number of rotatable bonds is 3. The van der Waals surface area contributed by atoms with Crippen LogP contribution in [0.25, 0.3) is 0 Å². The first-order valence-electron chi connectivity index (χ1n) is 6.20. The van der Waals surface area contributed by atoms with E-state index in [0.29, 0.717) is 17.1 Å². The summed E-state index contributed by atoms with van der Waals surface area (Å²) in [5, 5.41) is 7.01. The SMILES string of the molecule is Cc1ccc(C(=O)Nc2ccnn2C(C)C)cc1N. The molecule has 0 atom stereocenters. The normalized spacial score (nSPS) is 10.7. The number of nitrogen functional groups attached to an aromatic ring is 1. The molecule has 2 aromatic rings. The van der Waals surface area contributed by atoms with Gasteiger partial charge >= 0.3 is 0 Å². The van der Waals surface area contributed by atoms with Gasteiger partial charge in [-0.25, -0.2) is 4.68 Å². The molecule has 3 N–H and O–H groups in total. The molecular formula is C14H18N4O. The Morgan fingerprint density at radius 1 is 1.37 bits per heavy atom. The topological polar surface area (TPSA) is 72.9 Å². The zero-order valence-corrected chi connectivity index (χ0v) is 11.3. The van der Waals surface area contributed by atoms with Crippen molar-refractivity contribution in [3.8, 4) is 0 Å². The molecule has 5 heteroatoms. The van der Waals surface area contributed by atoms with Gasteiger partial charge in [-0.2, -0.15) is 5.10 Å². The van der Waals surface area contributed by atoms with Gasteiger partial charge in [-0.15, -0.1) is 0 Å². The van der Waals surface area contributed by atoms with Crippen molar-refractivity contribution in [3.05, 3.63) is 41.6 Å². The number of amides is 1. The predicted octanol–water partition coefficient (Wildman–Crippen LogP) is 2.61. The van der Waals surface area contributed by atoms with Crippen LogP contribution in [0, 0.1) is 6.92 Å². The first-order valence-corrected chi connectivity index (χ1v) is 6.20. The first-order chi connectivity index (χ1) is 8.99. The van der Waals surface area contributed by atoms with E-state index >= 15 is 0 Å². The molecule has 1 aromatic carbocycles. The molecule has 2 rings (SSSR count). The Hall–Kier alpha value is -2.30. The third kappa shape index (κ3) is 2.76. The van der Waals surface area contributed by atoms with Crippen molar-refractivity contribution in [2.75, 3.05) is 11.1 Å². The maximum Gasteiger partial charge on any atom is 0.256 e. The van der Waals surface area contributed by atoms with E-state index in [0.717, 1.165) is 5.56 Å². The summed E-state index contributed by atoms with van der Waals surface area (Å²) in [6, 6.07) is 7.24. The first kappa shape index (κ1) is 13.1. The standard InChI is InChI=1S/C14H18N4O/c1-9(2)18-13(6-7-16-18)17-14(19)11-5-4-10(3)12(15)8-11/h4-9H,15H2,1-3H3,(H,17,19). The Balaban J connectivity index is 2.21. The average molecular weight is 258 g/mol. The van der Waals surface area contributed by atoms with Gasteiger partial charge in [-0.05, 0) is 38.5 Å². The zero-order valence-electron chi connectivity index (χ0n) is 11.3. The van der Waals surface area contributed by atoms with Crippen LogP contribution in [0.15, 0.2) is 30.5 Å². The second-order valence-electron chi connectivity index (χ2n) is 4.78. The van der Waals surface area contributed by atoms with Crippen LogP contribution in [-0.2, 0) is 0 Å². The fraction of sp³-hybridized carbons (Fsp3) is 0.286. The van der Waals surface area contributed by atoms with E-state index in [1.807, 2.05) is 26.8 Å². The molecule has 19 heavy (non-hydrogen) atoms. The van der Waals surface area contributed by atoms with E-state index in [4.69, 9.17) is 5.73 Å². The minimum atomic E-state index is -0.186. The molecule has 5 nitrogen and oxygen atoms in total. The van der Waals surface area contributed by atoms with E-state index in [-0.39, 0.29) is 11.9 Å². The lowest BCUT2D eigenvalue weighted by atomic mass is 10.1. The van der Waals surface area contributed by atoms with Crippen molar-refractivity contribution >= 4 is 17.4 Å². The summed E-state index contributed by atoms with van der Waals surface area (Å²) < 4.78 is 1.76. The Labute approximate surface area is 112 Å². The molecule has 0 saturated carbocycles. The monoisotopic (exact) mass is 258 g/mol. The lowest BCUT2D eigenvalue weighted by Gasteiger charge is -2.12. The highest BCUT2D eigenvalue weighted by Crippen LogP contribution is 2.17. The number of nitrogens with one attached hydrogen (secondary N) is 1. The number of aromatic nitrogens is 2. The van der Waals surface area contributed by atoms with Gasteiger partial charge in [0.1, 0.15) is 5.82 Å². The Kier molecular flexibility index (Phi) is 3.55. The number of carbonyl (C=O) groups is 1. The maximum absolute atomic E-state index is 12.1. The van der Waals surface area contributed by atoms with Crippen molar-refractivity contribution in [2.24, 2.45) is 0 Å². The van der Waals surface area contributed by atoms with Crippen molar-refractivity contribution in [1.82, 2.24) is 9.78 Å². The molecule has 0 spiro atoms. The maximum atomic E-state index is 12.1. The molecule has 0 fully saturated rings. The molecule has 0 aliphatic heterocycles. The van der Waals surface area contributed by atoms with Crippen molar-refractivity contribution in [1.29, 1.82) is 0 Å². The third-order valence-corrected chi connectivity index (χ3v) is 2.94. The Bertz CT molecular complexity index is 601. The quantitative estimate of drug-likeness (QED) is 0.831. The number of anilines is 2. The van der Waals surface area contributed by atoms with Crippen LogP contribution in [0.4, 0.5) is 11.5 Å².